The second-order valence-corrected chi connectivity index (χ2v) is 8.06. The van der Waals surface area contributed by atoms with Gasteiger partial charge < -0.3 is 10.1 Å². The van der Waals surface area contributed by atoms with E-state index in [1.807, 2.05) is 0 Å². The van der Waals surface area contributed by atoms with Crippen molar-refractivity contribution < 1.29 is 14.3 Å². The fourth-order valence-electron chi connectivity index (χ4n) is 1.59. The van der Waals surface area contributed by atoms with E-state index in [0.717, 1.165) is 3.79 Å². The zero-order valence-electron chi connectivity index (χ0n) is 10.6. The summed E-state index contributed by atoms with van der Waals surface area (Å²) < 4.78 is 6.19. The summed E-state index contributed by atoms with van der Waals surface area (Å²) in [4.78, 5) is 24.0. The SMILES string of the molecule is COC(=O)c1ccc(Cl)cc1NC(=O)c1cc(Br)sc1Br. The van der Waals surface area contributed by atoms with Crippen LogP contribution in [0.2, 0.25) is 5.02 Å². The van der Waals surface area contributed by atoms with Gasteiger partial charge in [0.2, 0.25) is 0 Å². The monoisotopic (exact) mass is 451 g/mol. The third-order valence-corrected chi connectivity index (χ3v) is 5.11. The summed E-state index contributed by atoms with van der Waals surface area (Å²) in [5, 5.41) is 3.07. The first-order valence-electron chi connectivity index (χ1n) is 5.56. The van der Waals surface area contributed by atoms with Crippen LogP contribution in [0.25, 0.3) is 0 Å². The molecule has 0 fully saturated rings. The lowest BCUT2D eigenvalue weighted by molar-refractivity contribution is 0.0602. The van der Waals surface area contributed by atoms with E-state index in [9.17, 15) is 9.59 Å². The van der Waals surface area contributed by atoms with Crippen molar-refractivity contribution in [1.82, 2.24) is 0 Å². The van der Waals surface area contributed by atoms with Crippen molar-refractivity contribution in [3.05, 3.63) is 48.0 Å². The second kappa shape index (κ2) is 6.91. The number of ether oxygens (including phenoxy) is 1. The predicted molar refractivity (Wildman–Crippen MR) is 90.5 cm³/mol. The maximum absolute atomic E-state index is 12.3. The summed E-state index contributed by atoms with van der Waals surface area (Å²) in [6.45, 7) is 0. The highest BCUT2D eigenvalue weighted by Gasteiger charge is 2.18. The van der Waals surface area contributed by atoms with Crippen LogP contribution in [0.15, 0.2) is 31.8 Å². The molecular weight excluding hydrogens is 445 g/mol. The number of halogens is 3. The van der Waals surface area contributed by atoms with E-state index < -0.39 is 5.97 Å². The Balaban J connectivity index is 2.34. The minimum atomic E-state index is -0.549. The molecule has 1 aromatic carbocycles. The van der Waals surface area contributed by atoms with Crippen molar-refractivity contribution in [2.24, 2.45) is 0 Å². The van der Waals surface area contributed by atoms with Gasteiger partial charge in [-0.15, -0.1) is 11.3 Å². The summed E-state index contributed by atoms with van der Waals surface area (Å²) >= 11 is 13.9. The van der Waals surface area contributed by atoms with Gasteiger partial charge in [-0.1, -0.05) is 11.6 Å². The summed E-state index contributed by atoms with van der Waals surface area (Å²) in [5.41, 5.74) is 0.997. The van der Waals surface area contributed by atoms with Crippen LogP contribution in [0.3, 0.4) is 0 Å². The standard InChI is InChI=1S/C13H8Br2ClNO3S/c1-20-13(19)7-3-2-6(16)4-9(7)17-12(18)8-5-10(14)21-11(8)15/h2-5H,1H3,(H,17,18). The highest BCUT2D eigenvalue weighted by Crippen LogP contribution is 2.32. The highest BCUT2D eigenvalue weighted by molar-refractivity contribution is 9.12. The molecule has 21 heavy (non-hydrogen) atoms. The fraction of sp³-hybridized carbons (Fsp3) is 0.0769. The first kappa shape index (κ1) is 16.5. The number of esters is 1. The summed E-state index contributed by atoms with van der Waals surface area (Å²) in [6.07, 6.45) is 0. The maximum atomic E-state index is 12.3. The highest BCUT2D eigenvalue weighted by atomic mass is 79.9. The molecule has 0 aliphatic heterocycles. The minimum Gasteiger partial charge on any atom is -0.465 e. The molecule has 0 spiro atoms. The van der Waals surface area contributed by atoms with Gasteiger partial charge in [0.1, 0.15) is 0 Å². The number of amides is 1. The van der Waals surface area contributed by atoms with Crippen molar-refractivity contribution in [2.45, 2.75) is 0 Å². The predicted octanol–water partition coefficient (Wildman–Crippen LogP) is 4.97. The van der Waals surface area contributed by atoms with E-state index in [-0.39, 0.29) is 11.5 Å². The molecule has 8 heteroatoms. The average Bonchev–Trinajstić information content (AvgIpc) is 2.77. The third-order valence-electron chi connectivity index (χ3n) is 2.54. The van der Waals surface area contributed by atoms with Crippen LogP contribution >= 0.6 is 54.8 Å². The van der Waals surface area contributed by atoms with Gasteiger partial charge in [0, 0.05) is 5.02 Å². The Morgan fingerprint density at radius 2 is 1.95 bits per heavy atom. The van der Waals surface area contributed by atoms with Gasteiger partial charge in [0.15, 0.2) is 0 Å². The molecule has 0 aliphatic carbocycles. The van der Waals surface area contributed by atoms with Crippen molar-refractivity contribution in [2.75, 3.05) is 12.4 Å². The molecule has 0 atom stereocenters. The molecule has 2 rings (SSSR count). The molecule has 1 N–H and O–H groups in total. The van der Waals surface area contributed by atoms with E-state index in [4.69, 9.17) is 11.6 Å². The maximum Gasteiger partial charge on any atom is 0.339 e. The van der Waals surface area contributed by atoms with Crippen LogP contribution in [-0.2, 0) is 4.74 Å². The Bertz CT molecular complexity index is 717. The van der Waals surface area contributed by atoms with E-state index in [2.05, 4.69) is 41.9 Å². The lowest BCUT2D eigenvalue weighted by Gasteiger charge is -2.10. The van der Waals surface area contributed by atoms with Crippen molar-refractivity contribution in [3.63, 3.8) is 0 Å². The number of carbonyl (C=O) groups is 2. The molecule has 1 amide bonds. The Morgan fingerprint density at radius 1 is 1.24 bits per heavy atom. The number of rotatable bonds is 3. The molecular formula is C13H8Br2ClNO3S. The molecule has 2 aromatic rings. The Kier molecular flexibility index (Phi) is 5.43. The van der Waals surface area contributed by atoms with Crippen LogP contribution in [0, 0.1) is 0 Å². The average molecular weight is 454 g/mol. The Morgan fingerprint density at radius 3 is 2.52 bits per heavy atom. The van der Waals surface area contributed by atoms with Gasteiger partial charge >= 0.3 is 5.97 Å². The van der Waals surface area contributed by atoms with E-state index in [1.165, 1.54) is 30.6 Å². The van der Waals surface area contributed by atoms with E-state index in [1.54, 1.807) is 12.1 Å². The summed E-state index contributed by atoms with van der Waals surface area (Å²) in [5.74, 6) is -0.899. The first-order valence-corrected chi connectivity index (χ1v) is 8.34. The normalized spacial score (nSPS) is 10.3. The number of methoxy groups -OCH3 is 1. The molecule has 110 valence electrons. The molecule has 0 unspecified atom stereocenters. The number of nitrogens with one attached hydrogen (secondary N) is 1. The smallest absolute Gasteiger partial charge is 0.339 e. The fourth-order valence-corrected chi connectivity index (χ4v) is 4.56. The van der Waals surface area contributed by atoms with Gasteiger partial charge in [0.05, 0.1) is 31.5 Å². The number of carbonyl (C=O) groups excluding carboxylic acids is 2. The van der Waals surface area contributed by atoms with Gasteiger partial charge in [-0.25, -0.2) is 4.79 Å². The van der Waals surface area contributed by atoms with Crippen molar-refractivity contribution >= 4 is 72.4 Å². The van der Waals surface area contributed by atoms with Crippen molar-refractivity contribution in [1.29, 1.82) is 0 Å². The quantitative estimate of drug-likeness (QED) is 0.668. The first-order chi connectivity index (χ1) is 9.92. The lowest BCUT2D eigenvalue weighted by atomic mass is 10.1. The summed E-state index contributed by atoms with van der Waals surface area (Å²) in [6, 6.07) is 6.25. The van der Waals surface area contributed by atoms with Crippen molar-refractivity contribution in [3.8, 4) is 0 Å². The van der Waals surface area contributed by atoms with E-state index >= 15 is 0 Å². The van der Waals surface area contributed by atoms with Gasteiger partial charge in [0.25, 0.3) is 5.91 Å². The zero-order chi connectivity index (χ0) is 15.6. The number of hydrogen-bond acceptors (Lipinski definition) is 4. The van der Waals surface area contributed by atoms with Gasteiger partial charge in [-0.3, -0.25) is 4.79 Å². The summed E-state index contributed by atoms with van der Waals surface area (Å²) in [7, 11) is 1.27. The Labute approximate surface area is 146 Å². The molecule has 0 saturated heterocycles. The van der Waals surface area contributed by atoms with Crippen LogP contribution in [-0.4, -0.2) is 19.0 Å². The largest absolute Gasteiger partial charge is 0.465 e. The number of thiophene rings is 1. The van der Waals surface area contributed by atoms with Crippen LogP contribution < -0.4 is 5.32 Å². The zero-order valence-corrected chi connectivity index (χ0v) is 15.3. The molecule has 0 aliphatic rings. The van der Waals surface area contributed by atoms with Crippen LogP contribution in [0.5, 0.6) is 0 Å². The Hall–Kier alpha value is -0.890. The molecule has 1 aromatic heterocycles. The molecule has 0 bridgehead atoms. The topological polar surface area (TPSA) is 55.4 Å². The number of benzene rings is 1. The lowest BCUT2D eigenvalue weighted by Crippen LogP contribution is -2.15. The number of anilines is 1. The van der Waals surface area contributed by atoms with Gasteiger partial charge in [-0.05, 0) is 56.1 Å². The molecule has 1 heterocycles. The van der Waals surface area contributed by atoms with Gasteiger partial charge in [-0.2, -0.15) is 0 Å². The second-order valence-electron chi connectivity index (χ2n) is 3.87. The van der Waals surface area contributed by atoms with E-state index in [0.29, 0.717) is 20.1 Å². The molecule has 4 nitrogen and oxygen atoms in total. The van der Waals surface area contributed by atoms with Crippen LogP contribution in [0.4, 0.5) is 5.69 Å². The minimum absolute atomic E-state index is 0.237. The number of hydrogen-bond donors (Lipinski definition) is 1. The molecule has 0 saturated carbocycles. The van der Waals surface area contributed by atoms with Crippen LogP contribution in [0.1, 0.15) is 20.7 Å². The molecule has 0 radical (unpaired) electrons. The third kappa shape index (κ3) is 3.85.